The quantitative estimate of drug-likeness (QED) is 0.511. The van der Waals surface area contributed by atoms with E-state index in [0.717, 1.165) is 22.5 Å². The number of hydrogen-bond donors (Lipinski definition) is 2. The molecule has 5 aromatic rings. The average molecular weight is 355 g/mol. The number of anilines is 1. The van der Waals surface area contributed by atoms with E-state index in [1.165, 1.54) is 6.33 Å². The van der Waals surface area contributed by atoms with E-state index in [9.17, 15) is 0 Å². The van der Waals surface area contributed by atoms with Crippen molar-refractivity contribution < 1.29 is 0 Å². The van der Waals surface area contributed by atoms with E-state index in [4.69, 9.17) is 4.98 Å². The maximum absolute atomic E-state index is 4.88. The number of H-pyrrole nitrogens is 1. The third kappa shape index (κ3) is 2.60. The Kier molecular flexibility index (Phi) is 3.57. The first kappa shape index (κ1) is 15.5. The molecule has 0 saturated carbocycles. The lowest BCUT2D eigenvalue weighted by molar-refractivity contribution is 0.769. The highest BCUT2D eigenvalue weighted by atomic mass is 15.2. The minimum atomic E-state index is -0.0904. The van der Waals surface area contributed by atoms with Crippen LogP contribution in [-0.4, -0.2) is 29.5 Å². The fraction of sp³-hybridized carbons (Fsp3) is 0.100. The highest BCUT2D eigenvalue weighted by Crippen LogP contribution is 2.28. The number of imidazole rings is 2. The van der Waals surface area contributed by atoms with Crippen molar-refractivity contribution in [3.63, 3.8) is 0 Å². The molecule has 0 aliphatic heterocycles. The standard InChI is InChI=1S/C20H17N7/c1-13(25-19-17-18(22-11-21-17)23-12-24-19)20-26-15-9-5-6-10-16(15)27(20)14-7-3-2-4-8-14/h2-13H,1H3,(H2,21,22,23,24,25)/t13-/m1/s1. The first-order chi connectivity index (χ1) is 13.3. The van der Waals surface area contributed by atoms with E-state index in [1.54, 1.807) is 6.33 Å². The summed E-state index contributed by atoms with van der Waals surface area (Å²) in [6.45, 7) is 2.07. The van der Waals surface area contributed by atoms with Crippen LogP contribution < -0.4 is 5.32 Å². The van der Waals surface area contributed by atoms with Crippen molar-refractivity contribution >= 4 is 28.0 Å². The zero-order valence-electron chi connectivity index (χ0n) is 14.7. The maximum atomic E-state index is 4.88. The summed E-state index contributed by atoms with van der Waals surface area (Å²) in [6, 6.07) is 18.3. The Balaban J connectivity index is 1.63. The van der Waals surface area contributed by atoms with Crippen molar-refractivity contribution in [2.24, 2.45) is 0 Å². The molecular formula is C20H17N7. The number of rotatable bonds is 4. The van der Waals surface area contributed by atoms with Gasteiger partial charge in [0.05, 0.1) is 23.4 Å². The zero-order valence-corrected chi connectivity index (χ0v) is 14.7. The first-order valence-electron chi connectivity index (χ1n) is 8.74. The van der Waals surface area contributed by atoms with Crippen LogP contribution in [0, 0.1) is 0 Å². The topological polar surface area (TPSA) is 84.3 Å². The number of aromatic amines is 1. The van der Waals surface area contributed by atoms with Crippen molar-refractivity contribution in [3.05, 3.63) is 73.1 Å². The van der Waals surface area contributed by atoms with Gasteiger partial charge in [-0.2, -0.15) is 0 Å². The predicted octanol–water partition coefficient (Wildman–Crippen LogP) is 3.86. The summed E-state index contributed by atoms with van der Waals surface area (Å²) in [5.41, 5.74) is 4.52. The molecule has 0 bridgehead atoms. The second kappa shape index (κ2) is 6.21. The molecule has 5 rings (SSSR count). The van der Waals surface area contributed by atoms with E-state index >= 15 is 0 Å². The van der Waals surface area contributed by atoms with Gasteiger partial charge in [0.2, 0.25) is 0 Å². The van der Waals surface area contributed by atoms with Crippen LogP contribution in [0.2, 0.25) is 0 Å². The molecule has 0 saturated heterocycles. The van der Waals surface area contributed by atoms with Crippen molar-refractivity contribution in [1.82, 2.24) is 29.5 Å². The minimum absolute atomic E-state index is 0.0904. The SMILES string of the molecule is C[C@@H](Nc1ncnc2[nH]cnc12)c1nc2ccccc2n1-c1ccccc1. The highest BCUT2D eigenvalue weighted by molar-refractivity contribution is 5.82. The van der Waals surface area contributed by atoms with Gasteiger partial charge in [-0.25, -0.2) is 19.9 Å². The number of fused-ring (bicyclic) bond motifs is 2. The Morgan fingerprint density at radius 1 is 0.963 bits per heavy atom. The summed E-state index contributed by atoms with van der Waals surface area (Å²) < 4.78 is 2.18. The molecule has 0 unspecified atom stereocenters. The molecular weight excluding hydrogens is 338 g/mol. The van der Waals surface area contributed by atoms with E-state index in [0.29, 0.717) is 17.0 Å². The molecule has 7 nitrogen and oxygen atoms in total. The third-order valence-electron chi connectivity index (χ3n) is 4.56. The van der Waals surface area contributed by atoms with Gasteiger partial charge in [0, 0.05) is 5.69 Å². The lowest BCUT2D eigenvalue weighted by atomic mass is 10.2. The van der Waals surface area contributed by atoms with Crippen molar-refractivity contribution in [2.45, 2.75) is 13.0 Å². The van der Waals surface area contributed by atoms with Crippen LogP contribution in [0.1, 0.15) is 18.8 Å². The first-order valence-corrected chi connectivity index (χ1v) is 8.74. The molecule has 3 aromatic heterocycles. The lowest BCUT2D eigenvalue weighted by Gasteiger charge is -2.17. The Morgan fingerprint density at radius 2 is 1.78 bits per heavy atom. The predicted molar refractivity (Wildman–Crippen MR) is 105 cm³/mol. The van der Waals surface area contributed by atoms with Crippen LogP contribution in [0.5, 0.6) is 0 Å². The van der Waals surface area contributed by atoms with E-state index in [-0.39, 0.29) is 6.04 Å². The Hall–Kier alpha value is -3.74. The normalized spacial score (nSPS) is 12.5. The van der Waals surface area contributed by atoms with Gasteiger partial charge in [0.15, 0.2) is 11.5 Å². The molecule has 0 aliphatic carbocycles. The Morgan fingerprint density at radius 3 is 2.67 bits per heavy atom. The van der Waals surface area contributed by atoms with Gasteiger partial charge < -0.3 is 10.3 Å². The summed E-state index contributed by atoms with van der Waals surface area (Å²) in [5, 5.41) is 3.44. The van der Waals surface area contributed by atoms with Crippen LogP contribution in [0.25, 0.3) is 27.9 Å². The number of benzene rings is 2. The largest absolute Gasteiger partial charge is 0.358 e. The monoisotopic (exact) mass is 355 g/mol. The second-order valence-corrected chi connectivity index (χ2v) is 6.32. The minimum Gasteiger partial charge on any atom is -0.358 e. The van der Waals surface area contributed by atoms with Crippen LogP contribution in [0.4, 0.5) is 5.82 Å². The molecule has 1 atom stereocenters. The maximum Gasteiger partial charge on any atom is 0.162 e. The highest BCUT2D eigenvalue weighted by Gasteiger charge is 2.19. The molecule has 27 heavy (non-hydrogen) atoms. The molecule has 0 radical (unpaired) electrons. The van der Waals surface area contributed by atoms with E-state index in [2.05, 4.69) is 54.9 Å². The fourth-order valence-electron chi connectivity index (χ4n) is 3.32. The molecule has 0 aliphatic rings. The molecule has 0 fully saturated rings. The Labute approximate surface area is 155 Å². The van der Waals surface area contributed by atoms with Crippen molar-refractivity contribution in [2.75, 3.05) is 5.32 Å². The second-order valence-electron chi connectivity index (χ2n) is 6.32. The summed E-state index contributed by atoms with van der Waals surface area (Å²) in [7, 11) is 0. The van der Waals surface area contributed by atoms with Gasteiger partial charge in [0.25, 0.3) is 0 Å². The van der Waals surface area contributed by atoms with Gasteiger partial charge in [-0.3, -0.25) is 4.57 Å². The lowest BCUT2D eigenvalue weighted by Crippen LogP contribution is -2.14. The molecule has 2 aromatic carbocycles. The number of hydrogen-bond acceptors (Lipinski definition) is 5. The summed E-state index contributed by atoms with van der Waals surface area (Å²) >= 11 is 0. The molecule has 0 amide bonds. The summed E-state index contributed by atoms with van der Waals surface area (Å²) in [5.74, 6) is 1.59. The zero-order chi connectivity index (χ0) is 18.2. The summed E-state index contributed by atoms with van der Waals surface area (Å²) in [4.78, 5) is 20.8. The Bertz CT molecular complexity index is 1220. The number of para-hydroxylation sites is 3. The average Bonchev–Trinajstić information content (AvgIpc) is 3.34. The fourth-order valence-corrected chi connectivity index (χ4v) is 3.32. The van der Waals surface area contributed by atoms with Gasteiger partial charge >= 0.3 is 0 Å². The van der Waals surface area contributed by atoms with E-state index < -0.39 is 0 Å². The van der Waals surface area contributed by atoms with Crippen molar-refractivity contribution in [1.29, 1.82) is 0 Å². The van der Waals surface area contributed by atoms with Crippen molar-refractivity contribution in [3.8, 4) is 5.69 Å². The smallest absolute Gasteiger partial charge is 0.162 e. The third-order valence-corrected chi connectivity index (χ3v) is 4.56. The molecule has 2 N–H and O–H groups in total. The van der Waals surface area contributed by atoms with Gasteiger partial charge in [-0.05, 0) is 31.2 Å². The van der Waals surface area contributed by atoms with E-state index in [1.807, 2.05) is 36.4 Å². The van der Waals surface area contributed by atoms with Crippen LogP contribution in [0.3, 0.4) is 0 Å². The molecule has 0 spiro atoms. The summed E-state index contributed by atoms with van der Waals surface area (Å²) in [6.07, 6.45) is 3.14. The molecule has 7 heteroatoms. The van der Waals surface area contributed by atoms with Gasteiger partial charge in [0.1, 0.15) is 17.7 Å². The number of nitrogens with one attached hydrogen (secondary N) is 2. The number of nitrogens with zero attached hydrogens (tertiary/aromatic N) is 5. The molecule has 132 valence electrons. The molecule has 3 heterocycles. The van der Waals surface area contributed by atoms with Crippen LogP contribution >= 0.6 is 0 Å². The van der Waals surface area contributed by atoms with Gasteiger partial charge in [-0.15, -0.1) is 0 Å². The van der Waals surface area contributed by atoms with Crippen LogP contribution in [0.15, 0.2) is 67.3 Å². The number of aromatic nitrogens is 6. The van der Waals surface area contributed by atoms with Gasteiger partial charge in [-0.1, -0.05) is 30.3 Å². The van der Waals surface area contributed by atoms with Crippen LogP contribution in [-0.2, 0) is 0 Å².